The normalized spacial score (nSPS) is 22.7. The highest BCUT2D eigenvalue weighted by Gasteiger charge is 2.42. The number of piperidine rings is 1. The van der Waals surface area contributed by atoms with E-state index in [4.69, 9.17) is 5.73 Å². The van der Waals surface area contributed by atoms with E-state index in [1.165, 1.54) is 0 Å². The van der Waals surface area contributed by atoms with Gasteiger partial charge in [0, 0.05) is 52.5 Å². The highest BCUT2D eigenvalue weighted by molar-refractivity contribution is 9.10. The molecule has 0 spiro atoms. The lowest BCUT2D eigenvalue weighted by Gasteiger charge is -2.40. The van der Waals surface area contributed by atoms with Crippen molar-refractivity contribution in [1.82, 2.24) is 10.3 Å². The summed E-state index contributed by atoms with van der Waals surface area (Å²) < 4.78 is 0.541. The number of benzene rings is 1. The number of pyridine rings is 1. The second-order valence-electron chi connectivity index (χ2n) is 11.0. The summed E-state index contributed by atoms with van der Waals surface area (Å²) in [7, 11) is 0. The molecule has 196 valence electrons. The van der Waals surface area contributed by atoms with Crippen LogP contribution in [0.1, 0.15) is 83.4 Å². The number of amides is 2. The first-order chi connectivity index (χ1) is 17.7. The summed E-state index contributed by atoms with van der Waals surface area (Å²) in [5.41, 5.74) is 7.68. The molecule has 0 radical (unpaired) electrons. The van der Waals surface area contributed by atoms with Gasteiger partial charge in [0.15, 0.2) is 5.78 Å². The molecular weight excluding hydrogens is 534 g/mol. The first kappa shape index (κ1) is 25.7. The summed E-state index contributed by atoms with van der Waals surface area (Å²) in [5.74, 6) is 0.969. The van der Waals surface area contributed by atoms with Gasteiger partial charge in [-0.15, -0.1) is 0 Å². The van der Waals surface area contributed by atoms with E-state index in [-0.39, 0.29) is 23.7 Å². The van der Waals surface area contributed by atoms with E-state index in [1.54, 1.807) is 18.3 Å². The molecule has 1 aromatic heterocycles. The average Bonchev–Trinajstić information content (AvgIpc) is 3.67. The maximum Gasteiger partial charge on any atom is 0.252 e. The first-order valence-corrected chi connectivity index (χ1v) is 14.0. The molecule has 37 heavy (non-hydrogen) atoms. The number of aromatic nitrogens is 1. The van der Waals surface area contributed by atoms with Crippen LogP contribution in [0, 0.1) is 11.8 Å². The van der Waals surface area contributed by atoms with Crippen molar-refractivity contribution in [3.8, 4) is 0 Å². The van der Waals surface area contributed by atoms with E-state index in [2.05, 4.69) is 50.3 Å². The lowest BCUT2D eigenvalue weighted by molar-refractivity contribution is 0.0923. The number of rotatable bonds is 9. The third-order valence-electron chi connectivity index (χ3n) is 7.63. The molecule has 1 aliphatic carbocycles. The summed E-state index contributed by atoms with van der Waals surface area (Å²) in [5, 5.41) is 6.48. The molecule has 3 atom stereocenters. The predicted octanol–water partition coefficient (Wildman–Crippen LogP) is 4.53. The predicted molar refractivity (Wildman–Crippen MR) is 147 cm³/mol. The average molecular weight is 569 g/mol. The minimum atomic E-state index is -0.540. The van der Waals surface area contributed by atoms with Crippen LogP contribution >= 0.6 is 15.9 Å². The molecule has 9 heteroatoms. The van der Waals surface area contributed by atoms with Gasteiger partial charge in [0.25, 0.3) is 11.8 Å². The Morgan fingerprint density at radius 3 is 2.35 bits per heavy atom. The van der Waals surface area contributed by atoms with E-state index in [9.17, 15) is 14.4 Å². The molecule has 1 saturated carbocycles. The number of anilines is 2. The fraction of sp³-hybridized carbons (Fsp3) is 0.500. The van der Waals surface area contributed by atoms with Crippen molar-refractivity contribution >= 4 is 45.0 Å². The van der Waals surface area contributed by atoms with E-state index < -0.39 is 5.91 Å². The summed E-state index contributed by atoms with van der Waals surface area (Å²) in [6, 6.07) is 7.86. The zero-order valence-corrected chi connectivity index (χ0v) is 22.9. The van der Waals surface area contributed by atoms with E-state index in [0.717, 1.165) is 44.3 Å². The Morgan fingerprint density at radius 1 is 1.08 bits per heavy atom. The Balaban J connectivity index is 1.26. The smallest absolute Gasteiger partial charge is 0.252 e. The molecule has 2 amide bonds. The third kappa shape index (κ3) is 5.51. The number of primary amides is 1. The molecule has 1 aromatic carbocycles. The van der Waals surface area contributed by atoms with Gasteiger partial charge in [-0.2, -0.15) is 0 Å². The van der Waals surface area contributed by atoms with E-state index in [0.29, 0.717) is 51.4 Å². The molecule has 2 saturated heterocycles. The summed E-state index contributed by atoms with van der Waals surface area (Å²) in [6.07, 6.45) is 7.49. The van der Waals surface area contributed by atoms with Crippen molar-refractivity contribution in [2.24, 2.45) is 17.6 Å². The molecule has 4 N–H and O–H groups in total. The van der Waals surface area contributed by atoms with Gasteiger partial charge in [-0.25, -0.2) is 4.98 Å². The van der Waals surface area contributed by atoms with Crippen molar-refractivity contribution in [2.75, 3.05) is 16.8 Å². The Labute approximate surface area is 225 Å². The fourth-order valence-corrected chi connectivity index (χ4v) is 6.13. The van der Waals surface area contributed by atoms with E-state index >= 15 is 0 Å². The molecule has 3 fully saturated rings. The number of hydrogen-bond acceptors (Lipinski definition) is 6. The van der Waals surface area contributed by atoms with Crippen molar-refractivity contribution < 1.29 is 14.4 Å². The quantitative estimate of drug-likeness (QED) is 0.383. The van der Waals surface area contributed by atoms with Gasteiger partial charge in [0.05, 0.1) is 11.1 Å². The monoisotopic (exact) mass is 567 g/mol. The number of nitrogens with zero attached hydrogens (tertiary/aromatic N) is 2. The number of hydrogen-bond donors (Lipinski definition) is 3. The highest BCUT2D eigenvalue weighted by Crippen LogP contribution is 2.39. The Bertz CT molecular complexity index is 1200. The molecule has 2 aliphatic heterocycles. The van der Waals surface area contributed by atoms with Crippen LogP contribution in [0.15, 0.2) is 34.9 Å². The first-order valence-electron chi connectivity index (χ1n) is 13.2. The molecule has 2 aromatic rings. The standard InChI is InChI=1S/C28H34BrN5O3/c1-15(2)13-31-24-12-21(23(29)11-22(24)27(30)36)28(37)33-18-9-19-6-7-20(10-18)34(19)25-8-5-17(14-32-25)26(35)16-3-4-16/h5,8,11-12,14-16,18-20,31H,3-4,6-7,9-10,13H2,1-2H3,(H2,30,36)(H,33,37)/t18-,19+,20-. The summed E-state index contributed by atoms with van der Waals surface area (Å²) in [4.78, 5) is 44.6. The maximum absolute atomic E-state index is 13.3. The molecular formula is C28H34BrN5O3. The van der Waals surface area contributed by atoms with Gasteiger partial charge in [0.1, 0.15) is 5.82 Å². The summed E-state index contributed by atoms with van der Waals surface area (Å²) >= 11 is 3.46. The number of nitrogens with one attached hydrogen (secondary N) is 2. The van der Waals surface area contributed by atoms with Crippen molar-refractivity contribution in [1.29, 1.82) is 0 Å². The molecule has 2 bridgehead atoms. The Hall–Kier alpha value is -2.94. The second-order valence-corrected chi connectivity index (χ2v) is 11.8. The van der Waals surface area contributed by atoms with Crippen molar-refractivity contribution in [2.45, 2.75) is 70.5 Å². The van der Waals surface area contributed by atoms with Gasteiger partial charge in [-0.05, 0) is 84.6 Å². The van der Waals surface area contributed by atoms with Gasteiger partial charge in [-0.1, -0.05) is 13.8 Å². The zero-order valence-electron chi connectivity index (χ0n) is 21.3. The van der Waals surface area contributed by atoms with Crippen LogP contribution in [0.4, 0.5) is 11.5 Å². The van der Waals surface area contributed by atoms with Crippen LogP contribution in [-0.2, 0) is 0 Å². The Kier molecular flexibility index (Phi) is 7.25. The number of ketones is 1. The van der Waals surface area contributed by atoms with Gasteiger partial charge in [0.2, 0.25) is 0 Å². The van der Waals surface area contributed by atoms with Gasteiger partial charge >= 0.3 is 0 Å². The minimum Gasteiger partial charge on any atom is -0.384 e. The largest absolute Gasteiger partial charge is 0.384 e. The number of Topliss-reactive ketones (excluding diaryl/α,β-unsaturated/α-hetero) is 1. The van der Waals surface area contributed by atoms with Crippen molar-refractivity contribution in [3.05, 3.63) is 51.6 Å². The SMILES string of the molecule is CC(C)CNc1cc(C(=O)N[C@H]2C[C@H]3CC[C@@H](C2)N3c2ccc(C(=O)C3CC3)cn2)c(Br)cc1C(N)=O. The lowest BCUT2D eigenvalue weighted by Crippen LogP contribution is -2.50. The van der Waals surface area contributed by atoms with Gasteiger partial charge in [-0.3, -0.25) is 14.4 Å². The number of fused-ring (bicyclic) bond motifs is 2. The number of carbonyl (C=O) groups excluding carboxylic acids is 3. The molecule has 0 unspecified atom stereocenters. The van der Waals surface area contributed by atoms with Crippen LogP contribution in [0.25, 0.3) is 0 Å². The Morgan fingerprint density at radius 2 is 1.78 bits per heavy atom. The van der Waals surface area contributed by atoms with Crippen LogP contribution in [-0.4, -0.2) is 47.3 Å². The zero-order chi connectivity index (χ0) is 26.3. The summed E-state index contributed by atoms with van der Waals surface area (Å²) in [6.45, 7) is 4.80. The second kappa shape index (κ2) is 10.4. The van der Waals surface area contributed by atoms with Crippen LogP contribution in [0.3, 0.4) is 0 Å². The third-order valence-corrected chi connectivity index (χ3v) is 8.29. The van der Waals surface area contributed by atoms with Crippen LogP contribution in [0.5, 0.6) is 0 Å². The molecule has 8 nitrogen and oxygen atoms in total. The highest BCUT2D eigenvalue weighted by atomic mass is 79.9. The molecule has 3 heterocycles. The van der Waals surface area contributed by atoms with E-state index in [1.807, 2.05) is 12.1 Å². The van der Waals surface area contributed by atoms with Crippen LogP contribution < -0.4 is 21.3 Å². The molecule has 5 rings (SSSR count). The van der Waals surface area contributed by atoms with Crippen molar-refractivity contribution in [3.63, 3.8) is 0 Å². The minimum absolute atomic E-state index is 0.0479. The van der Waals surface area contributed by atoms with Crippen LogP contribution in [0.2, 0.25) is 0 Å². The number of carbonyl (C=O) groups is 3. The number of halogens is 1. The lowest BCUT2D eigenvalue weighted by atomic mass is 9.96. The fourth-order valence-electron chi connectivity index (χ4n) is 5.61. The maximum atomic E-state index is 13.3. The topological polar surface area (TPSA) is 117 Å². The van der Waals surface area contributed by atoms with Gasteiger partial charge < -0.3 is 21.3 Å². The molecule has 3 aliphatic rings. The number of nitrogens with two attached hydrogens (primary N) is 1.